The van der Waals surface area contributed by atoms with Gasteiger partial charge in [-0.15, -0.1) is 10.2 Å². The Balaban J connectivity index is 1.92. The summed E-state index contributed by atoms with van der Waals surface area (Å²) in [7, 11) is 1.79. The van der Waals surface area contributed by atoms with E-state index in [1.54, 1.807) is 11.9 Å². The molecule has 1 atom stereocenters. The second-order valence-corrected chi connectivity index (χ2v) is 4.62. The summed E-state index contributed by atoms with van der Waals surface area (Å²) in [4.78, 5) is 13.9. The standard InChI is InChI=1S/C13H19N3O2/c1-3-11-14-15-12(18-11)9-16(2)13(17)10-7-5-4-6-8-10/h4-5,10H,3,6-9H2,1-2H3/t10-/m0/s1. The average molecular weight is 249 g/mol. The first-order valence-electron chi connectivity index (χ1n) is 6.42. The molecule has 0 saturated heterocycles. The van der Waals surface area contributed by atoms with Gasteiger partial charge in [0.15, 0.2) is 0 Å². The lowest BCUT2D eigenvalue weighted by Gasteiger charge is -2.23. The van der Waals surface area contributed by atoms with Gasteiger partial charge in [-0.2, -0.15) is 0 Å². The van der Waals surface area contributed by atoms with E-state index in [2.05, 4.69) is 22.3 Å². The maximum Gasteiger partial charge on any atom is 0.235 e. The number of allylic oxidation sites excluding steroid dienone is 2. The van der Waals surface area contributed by atoms with E-state index in [0.717, 1.165) is 25.7 Å². The molecule has 0 saturated carbocycles. The molecular formula is C13H19N3O2. The molecule has 5 heteroatoms. The Labute approximate surface area is 107 Å². The van der Waals surface area contributed by atoms with Crippen LogP contribution >= 0.6 is 0 Å². The van der Waals surface area contributed by atoms with Crippen molar-refractivity contribution in [3.8, 4) is 0 Å². The van der Waals surface area contributed by atoms with Crippen LogP contribution < -0.4 is 0 Å². The first-order chi connectivity index (χ1) is 8.70. The normalized spacial score (nSPS) is 18.9. The van der Waals surface area contributed by atoms with Crippen molar-refractivity contribution in [3.05, 3.63) is 23.9 Å². The minimum absolute atomic E-state index is 0.105. The van der Waals surface area contributed by atoms with Crippen LogP contribution in [0, 0.1) is 5.92 Å². The minimum Gasteiger partial charge on any atom is -0.423 e. The zero-order valence-corrected chi connectivity index (χ0v) is 10.9. The molecule has 0 spiro atoms. The van der Waals surface area contributed by atoms with E-state index in [1.165, 1.54) is 0 Å². The Morgan fingerprint density at radius 2 is 2.22 bits per heavy atom. The summed E-state index contributed by atoms with van der Waals surface area (Å²) in [5.41, 5.74) is 0. The van der Waals surface area contributed by atoms with Crippen LogP contribution in [0.2, 0.25) is 0 Å². The van der Waals surface area contributed by atoms with E-state index in [-0.39, 0.29) is 11.8 Å². The smallest absolute Gasteiger partial charge is 0.235 e. The number of carbonyl (C=O) groups excluding carboxylic acids is 1. The molecule has 5 nitrogen and oxygen atoms in total. The summed E-state index contributed by atoms with van der Waals surface area (Å²) in [6.45, 7) is 2.35. The summed E-state index contributed by atoms with van der Waals surface area (Å²) in [5.74, 6) is 1.39. The highest BCUT2D eigenvalue weighted by molar-refractivity contribution is 5.78. The van der Waals surface area contributed by atoms with Gasteiger partial charge in [0, 0.05) is 19.4 Å². The lowest BCUT2D eigenvalue weighted by Crippen LogP contribution is -2.33. The fourth-order valence-electron chi connectivity index (χ4n) is 2.11. The Bertz CT molecular complexity index is 439. The van der Waals surface area contributed by atoms with Crippen molar-refractivity contribution in [3.63, 3.8) is 0 Å². The van der Waals surface area contributed by atoms with Gasteiger partial charge in [0.2, 0.25) is 17.7 Å². The zero-order chi connectivity index (χ0) is 13.0. The van der Waals surface area contributed by atoms with E-state index in [4.69, 9.17) is 4.42 Å². The molecule has 1 aliphatic carbocycles. The van der Waals surface area contributed by atoms with Crippen LogP contribution in [0.3, 0.4) is 0 Å². The quantitative estimate of drug-likeness (QED) is 0.765. The fourth-order valence-corrected chi connectivity index (χ4v) is 2.11. The molecule has 2 rings (SSSR count). The third-order valence-electron chi connectivity index (χ3n) is 3.18. The maximum atomic E-state index is 12.2. The van der Waals surface area contributed by atoms with Gasteiger partial charge >= 0.3 is 0 Å². The number of rotatable bonds is 4. The first-order valence-corrected chi connectivity index (χ1v) is 6.42. The van der Waals surface area contributed by atoms with Crippen LogP contribution in [0.5, 0.6) is 0 Å². The molecule has 0 aromatic carbocycles. The summed E-state index contributed by atoms with van der Waals surface area (Å²) >= 11 is 0. The fraction of sp³-hybridized carbons (Fsp3) is 0.615. The number of hydrogen-bond acceptors (Lipinski definition) is 4. The Morgan fingerprint density at radius 3 is 2.83 bits per heavy atom. The summed E-state index contributed by atoms with van der Waals surface area (Å²) in [6, 6.07) is 0. The van der Waals surface area contributed by atoms with Gasteiger partial charge < -0.3 is 9.32 Å². The van der Waals surface area contributed by atoms with Crippen LogP contribution in [0.15, 0.2) is 16.6 Å². The SMILES string of the molecule is CCc1nnc(CN(C)C(=O)[C@H]2CC=CCC2)o1. The maximum absolute atomic E-state index is 12.2. The first kappa shape index (κ1) is 12.8. The van der Waals surface area contributed by atoms with Crippen molar-refractivity contribution in [2.75, 3.05) is 7.05 Å². The molecular weight excluding hydrogens is 230 g/mol. The van der Waals surface area contributed by atoms with E-state index in [1.807, 2.05) is 6.92 Å². The molecule has 0 unspecified atom stereocenters. The average Bonchev–Trinajstić information content (AvgIpc) is 2.86. The second-order valence-electron chi connectivity index (χ2n) is 4.62. The number of aromatic nitrogens is 2. The molecule has 1 aromatic rings. The number of nitrogens with zero attached hydrogens (tertiary/aromatic N) is 3. The Morgan fingerprint density at radius 1 is 1.44 bits per heavy atom. The molecule has 98 valence electrons. The number of hydrogen-bond donors (Lipinski definition) is 0. The van der Waals surface area contributed by atoms with E-state index < -0.39 is 0 Å². The van der Waals surface area contributed by atoms with Crippen LogP contribution in [0.25, 0.3) is 0 Å². The predicted molar refractivity (Wildman–Crippen MR) is 66.6 cm³/mol. The van der Waals surface area contributed by atoms with E-state index >= 15 is 0 Å². The van der Waals surface area contributed by atoms with Gasteiger partial charge in [-0.25, -0.2) is 0 Å². The molecule has 1 aromatic heterocycles. The molecule has 18 heavy (non-hydrogen) atoms. The number of carbonyl (C=O) groups is 1. The number of aryl methyl sites for hydroxylation is 1. The molecule has 1 amide bonds. The third-order valence-corrected chi connectivity index (χ3v) is 3.18. The summed E-state index contributed by atoms with van der Waals surface area (Å²) in [6.07, 6.45) is 7.71. The van der Waals surface area contributed by atoms with Gasteiger partial charge in [0.1, 0.15) is 0 Å². The van der Waals surface area contributed by atoms with Gasteiger partial charge in [0.05, 0.1) is 6.54 Å². The monoisotopic (exact) mass is 249 g/mol. The molecule has 1 heterocycles. The zero-order valence-electron chi connectivity index (χ0n) is 10.9. The van der Waals surface area contributed by atoms with Crippen LogP contribution in [-0.4, -0.2) is 28.1 Å². The molecule has 1 aliphatic rings. The van der Waals surface area contributed by atoms with Crippen molar-refractivity contribution < 1.29 is 9.21 Å². The third kappa shape index (κ3) is 2.97. The lowest BCUT2D eigenvalue weighted by molar-refractivity contribution is -0.135. The Kier molecular flexibility index (Phi) is 4.12. The Hall–Kier alpha value is -1.65. The lowest BCUT2D eigenvalue weighted by atomic mass is 9.93. The summed E-state index contributed by atoms with van der Waals surface area (Å²) in [5, 5.41) is 7.82. The largest absolute Gasteiger partial charge is 0.423 e. The molecule has 0 N–H and O–H groups in total. The number of amides is 1. The van der Waals surface area contributed by atoms with Gasteiger partial charge in [0.25, 0.3) is 0 Å². The van der Waals surface area contributed by atoms with Crippen molar-refractivity contribution in [2.45, 2.75) is 39.2 Å². The molecule has 0 aliphatic heterocycles. The van der Waals surface area contributed by atoms with Gasteiger partial charge in [-0.05, 0) is 19.3 Å². The minimum atomic E-state index is 0.105. The topological polar surface area (TPSA) is 59.2 Å². The van der Waals surface area contributed by atoms with Crippen LogP contribution in [-0.2, 0) is 17.8 Å². The van der Waals surface area contributed by atoms with E-state index in [9.17, 15) is 4.79 Å². The van der Waals surface area contributed by atoms with Crippen LogP contribution in [0.4, 0.5) is 0 Å². The van der Waals surface area contributed by atoms with Gasteiger partial charge in [-0.1, -0.05) is 19.1 Å². The summed E-state index contributed by atoms with van der Waals surface area (Å²) < 4.78 is 5.41. The van der Waals surface area contributed by atoms with Crippen molar-refractivity contribution in [1.82, 2.24) is 15.1 Å². The van der Waals surface area contributed by atoms with Crippen molar-refractivity contribution >= 4 is 5.91 Å². The predicted octanol–water partition coefficient (Wildman–Crippen LogP) is 1.95. The highest BCUT2D eigenvalue weighted by atomic mass is 16.4. The van der Waals surface area contributed by atoms with Crippen molar-refractivity contribution in [2.24, 2.45) is 5.92 Å². The molecule has 0 radical (unpaired) electrons. The van der Waals surface area contributed by atoms with E-state index in [0.29, 0.717) is 18.3 Å². The second kappa shape index (κ2) is 5.80. The highest BCUT2D eigenvalue weighted by Crippen LogP contribution is 2.20. The molecule has 0 fully saturated rings. The highest BCUT2D eigenvalue weighted by Gasteiger charge is 2.23. The van der Waals surface area contributed by atoms with Crippen LogP contribution in [0.1, 0.15) is 38.0 Å². The van der Waals surface area contributed by atoms with Gasteiger partial charge in [-0.3, -0.25) is 4.79 Å². The van der Waals surface area contributed by atoms with Crippen molar-refractivity contribution in [1.29, 1.82) is 0 Å². The molecule has 0 bridgehead atoms.